The van der Waals surface area contributed by atoms with Gasteiger partial charge in [0, 0.05) is 30.0 Å². The third kappa shape index (κ3) is 6.07. The second-order valence-corrected chi connectivity index (χ2v) is 9.45. The van der Waals surface area contributed by atoms with Gasteiger partial charge in [0.2, 0.25) is 0 Å². The number of thioether (sulfide) groups is 1. The number of para-hydroxylation sites is 1. The van der Waals surface area contributed by atoms with Crippen molar-refractivity contribution in [3.05, 3.63) is 90.5 Å². The average molecular weight is 513 g/mol. The number of hydrogen-bond donors (Lipinski definition) is 1. The van der Waals surface area contributed by atoms with Gasteiger partial charge in [0.1, 0.15) is 0 Å². The van der Waals surface area contributed by atoms with Gasteiger partial charge in [-0.1, -0.05) is 72.4 Å². The molecule has 188 valence electrons. The number of morpholine rings is 1. The van der Waals surface area contributed by atoms with Gasteiger partial charge in [-0.05, 0) is 36.8 Å². The molecule has 1 N–H and O–H groups in total. The molecular formula is C28H28N6O2S. The number of hydrogen-bond acceptors (Lipinski definition) is 7. The van der Waals surface area contributed by atoms with E-state index >= 15 is 0 Å². The fraction of sp³-hybridized carbons (Fsp3) is 0.214. The number of nitrogens with zero attached hydrogens (tertiary/aromatic N) is 5. The van der Waals surface area contributed by atoms with Crippen molar-refractivity contribution in [3.8, 4) is 17.1 Å². The predicted molar refractivity (Wildman–Crippen MR) is 147 cm³/mol. The van der Waals surface area contributed by atoms with Crippen LogP contribution in [0.1, 0.15) is 12.5 Å². The van der Waals surface area contributed by atoms with E-state index in [-0.39, 0.29) is 11.7 Å². The van der Waals surface area contributed by atoms with E-state index in [2.05, 4.69) is 37.8 Å². The summed E-state index contributed by atoms with van der Waals surface area (Å²) < 4.78 is 7.39. The van der Waals surface area contributed by atoms with Crippen LogP contribution in [0.3, 0.4) is 0 Å². The van der Waals surface area contributed by atoms with Crippen LogP contribution in [0.5, 0.6) is 0 Å². The van der Waals surface area contributed by atoms with E-state index in [0.29, 0.717) is 5.16 Å². The van der Waals surface area contributed by atoms with Gasteiger partial charge in [-0.15, -0.1) is 10.2 Å². The number of benzene rings is 3. The smallest absolute Gasteiger partial charge is 0.250 e. The lowest BCUT2D eigenvalue weighted by molar-refractivity contribution is -0.118. The molecule has 37 heavy (non-hydrogen) atoms. The molecule has 0 bridgehead atoms. The number of aromatic nitrogens is 3. The fourth-order valence-corrected chi connectivity index (χ4v) is 4.80. The molecule has 4 aromatic rings. The lowest BCUT2D eigenvalue weighted by Crippen LogP contribution is -2.36. The van der Waals surface area contributed by atoms with E-state index in [1.807, 2.05) is 84.3 Å². The molecule has 0 atom stereocenters. The minimum absolute atomic E-state index is 0.159. The van der Waals surface area contributed by atoms with Crippen LogP contribution in [0.4, 0.5) is 5.69 Å². The number of carbonyl (C=O) groups is 1. The summed E-state index contributed by atoms with van der Waals surface area (Å²) in [7, 11) is 0. The Labute approximate surface area is 220 Å². The number of carbonyl (C=O) groups excluding carboxylic acids is 1. The quantitative estimate of drug-likeness (QED) is 0.214. The highest BCUT2D eigenvalue weighted by atomic mass is 32.2. The second kappa shape index (κ2) is 11.9. The maximum absolute atomic E-state index is 12.6. The standard InChI is InChI=1S/C28H28N6O2S/c1-21(22-12-14-24(15-13-22)33-16-18-36-19-17-33)29-30-26(35)20-37-28-32-31-27(23-8-4-2-5-9-23)34(28)25-10-6-3-7-11-25/h2-15H,16-20H2,1H3,(H,30,35)/b29-21+. The Morgan fingerprint density at radius 1 is 0.919 bits per heavy atom. The molecule has 1 aliphatic rings. The van der Waals surface area contributed by atoms with Crippen LogP contribution in [0, 0.1) is 0 Å². The van der Waals surface area contributed by atoms with E-state index < -0.39 is 0 Å². The predicted octanol–water partition coefficient (Wildman–Crippen LogP) is 4.40. The van der Waals surface area contributed by atoms with Gasteiger partial charge in [0.25, 0.3) is 5.91 Å². The molecule has 2 heterocycles. The minimum atomic E-state index is -0.210. The summed E-state index contributed by atoms with van der Waals surface area (Å²) in [6.45, 7) is 5.17. The molecule has 1 aliphatic heterocycles. The third-order valence-electron chi connectivity index (χ3n) is 6.02. The van der Waals surface area contributed by atoms with E-state index in [9.17, 15) is 4.79 Å². The molecule has 3 aromatic carbocycles. The summed E-state index contributed by atoms with van der Waals surface area (Å²) >= 11 is 1.32. The van der Waals surface area contributed by atoms with E-state index in [1.54, 1.807) is 0 Å². The molecule has 1 saturated heterocycles. The third-order valence-corrected chi connectivity index (χ3v) is 6.95. The largest absolute Gasteiger partial charge is 0.378 e. The van der Waals surface area contributed by atoms with Crippen LogP contribution in [0.2, 0.25) is 0 Å². The van der Waals surface area contributed by atoms with Gasteiger partial charge in [0.05, 0.1) is 24.7 Å². The highest BCUT2D eigenvalue weighted by Crippen LogP contribution is 2.27. The van der Waals surface area contributed by atoms with Crippen molar-refractivity contribution in [2.24, 2.45) is 5.10 Å². The first-order chi connectivity index (χ1) is 18.2. The summed E-state index contributed by atoms with van der Waals surface area (Å²) in [5, 5.41) is 13.7. The lowest BCUT2D eigenvalue weighted by Gasteiger charge is -2.28. The number of amides is 1. The zero-order valence-corrected chi connectivity index (χ0v) is 21.4. The van der Waals surface area contributed by atoms with E-state index in [4.69, 9.17) is 4.74 Å². The topological polar surface area (TPSA) is 84.6 Å². The Balaban J connectivity index is 1.24. The van der Waals surface area contributed by atoms with Crippen molar-refractivity contribution in [2.75, 3.05) is 37.0 Å². The molecule has 0 saturated carbocycles. The van der Waals surface area contributed by atoms with Crippen molar-refractivity contribution in [1.29, 1.82) is 0 Å². The molecule has 0 radical (unpaired) electrons. The number of anilines is 1. The molecule has 0 spiro atoms. The van der Waals surface area contributed by atoms with Crippen molar-refractivity contribution in [2.45, 2.75) is 12.1 Å². The monoisotopic (exact) mass is 512 g/mol. The van der Waals surface area contributed by atoms with Crippen LogP contribution in [-0.4, -0.2) is 58.4 Å². The average Bonchev–Trinajstić information content (AvgIpc) is 3.40. The summed E-state index contributed by atoms with van der Waals surface area (Å²) in [5.41, 5.74) is 7.42. The van der Waals surface area contributed by atoms with Crippen molar-refractivity contribution in [3.63, 3.8) is 0 Å². The summed E-state index contributed by atoms with van der Waals surface area (Å²) in [6, 6.07) is 28.0. The van der Waals surface area contributed by atoms with Crippen LogP contribution < -0.4 is 10.3 Å². The van der Waals surface area contributed by atoms with Crippen LogP contribution in [0.25, 0.3) is 17.1 Å². The van der Waals surface area contributed by atoms with E-state index in [0.717, 1.165) is 60.3 Å². The van der Waals surface area contributed by atoms with Crippen LogP contribution in [-0.2, 0) is 9.53 Å². The number of hydrazone groups is 1. The molecule has 0 aliphatic carbocycles. The maximum atomic E-state index is 12.6. The highest BCUT2D eigenvalue weighted by molar-refractivity contribution is 7.99. The first kappa shape index (κ1) is 24.7. The van der Waals surface area contributed by atoms with Crippen molar-refractivity contribution in [1.82, 2.24) is 20.2 Å². The molecule has 9 heteroatoms. The Morgan fingerprint density at radius 2 is 1.59 bits per heavy atom. The molecule has 1 fully saturated rings. The Bertz CT molecular complexity index is 1350. The molecule has 1 amide bonds. The molecule has 1 aromatic heterocycles. The first-order valence-electron chi connectivity index (χ1n) is 12.1. The van der Waals surface area contributed by atoms with Crippen LogP contribution in [0.15, 0.2) is 95.2 Å². The molecule has 0 unspecified atom stereocenters. The normalized spacial score (nSPS) is 14.0. The fourth-order valence-electron chi connectivity index (χ4n) is 4.06. The Morgan fingerprint density at radius 3 is 2.30 bits per heavy atom. The first-order valence-corrected chi connectivity index (χ1v) is 13.1. The number of nitrogens with one attached hydrogen (secondary N) is 1. The number of rotatable bonds is 8. The van der Waals surface area contributed by atoms with Gasteiger partial charge in [-0.25, -0.2) is 5.43 Å². The van der Waals surface area contributed by atoms with Gasteiger partial charge >= 0.3 is 0 Å². The van der Waals surface area contributed by atoms with Gasteiger partial charge in [-0.3, -0.25) is 9.36 Å². The van der Waals surface area contributed by atoms with Crippen LogP contribution >= 0.6 is 11.8 Å². The van der Waals surface area contributed by atoms with Crippen molar-refractivity contribution < 1.29 is 9.53 Å². The van der Waals surface area contributed by atoms with Gasteiger partial charge in [0.15, 0.2) is 11.0 Å². The highest BCUT2D eigenvalue weighted by Gasteiger charge is 2.17. The maximum Gasteiger partial charge on any atom is 0.250 e. The Hall–Kier alpha value is -3.95. The zero-order chi connectivity index (χ0) is 25.5. The molecular weight excluding hydrogens is 484 g/mol. The summed E-state index contributed by atoms with van der Waals surface area (Å²) in [6.07, 6.45) is 0. The van der Waals surface area contributed by atoms with Gasteiger partial charge < -0.3 is 9.64 Å². The zero-order valence-electron chi connectivity index (χ0n) is 20.6. The SMILES string of the molecule is C/C(=N\NC(=O)CSc1nnc(-c2ccccc2)n1-c1ccccc1)c1ccc(N2CCOCC2)cc1. The summed E-state index contributed by atoms with van der Waals surface area (Å²) in [5.74, 6) is 0.675. The Kier molecular flexibility index (Phi) is 7.93. The minimum Gasteiger partial charge on any atom is -0.378 e. The van der Waals surface area contributed by atoms with E-state index in [1.165, 1.54) is 11.8 Å². The second-order valence-electron chi connectivity index (χ2n) is 8.51. The lowest BCUT2D eigenvalue weighted by atomic mass is 10.1. The molecule has 5 rings (SSSR count). The summed E-state index contributed by atoms with van der Waals surface area (Å²) in [4.78, 5) is 14.9. The van der Waals surface area contributed by atoms with Gasteiger partial charge in [-0.2, -0.15) is 5.10 Å². The molecule has 8 nitrogen and oxygen atoms in total. The number of ether oxygens (including phenoxy) is 1. The van der Waals surface area contributed by atoms with Crippen molar-refractivity contribution >= 4 is 29.1 Å².